The van der Waals surface area contributed by atoms with Gasteiger partial charge >= 0.3 is 6.09 Å². The summed E-state index contributed by atoms with van der Waals surface area (Å²) in [5.41, 5.74) is 0.390. The number of hydrogen-bond acceptors (Lipinski definition) is 4. The maximum atomic E-state index is 13.3. The van der Waals surface area contributed by atoms with Gasteiger partial charge in [0.2, 0.25) is 5.91 Å². The molecule has 2 rings (SSSR count). The predicted octanol–water partition coefficient (Wildman–Crippen LogP) is 3.77. The SMILES string of the molecule is CCOC(=O)NC(CNC(=O)C1(c2ccc(Br)cc2)CCOCC1)CC(C)C. The highest BCUT2D eigenvalue weighted by molar-refractivity contribution is 9.10. The zero-order chi connectivity index (χ0) is 20.6. The summed E-state index contributed by atoms with van der Waals surface area (Å²) in [6.45, 7) is 7.74. The third-order valence-corrected chi connectivity index (χ3v) is 5.57. The van der Waals surface area contributed by atoms with Gasteiger partial charge in [-0.2, -0.15) is 0 Å². The van der Waals surface area contributed by atoms with Crippen LogP contribution in [0.5, 0.6) is 0 Å². The Morgan fingerprint density at radius 1 is 1.21 bits per heavy atom. The van der Waals surface area contributed by atoms with Crippen LogP contribution in [0.3, 0.4) is 0 Å². The van der Waals surface area contributed by atoms with Crippen molar-refractivity contribution in [2.45, 2.75) is 51.5 Å². The lowest BCUT2D eigenvalue weighted by molar-refractivity contribution is -0.130. The van der Waals surface area contributed by atoms with Crippen LogP contribution in [0.2, 0.25) is 0 Å². The fourth-order valence-electron chi connectivity index (χ4n) is 3.62. The number of hydrogen-bond donors (Lipinski definition) is 2. The fraction of sp³-hybridized carbons (Fsp3) is 0.619. The van der Waals surface area contributed by atoms with Gasteiger partial charge in [-0.1, -0.05) is 41.9 Å². The third-order valence-electron chi connectivity index (χ3n) is 5.04. The van der Waals surface area contributed by atoms with Crippen molar-refractivity contribution in [3.8, 4) is 0 Å². The number of nitrogens with one attached hydrogen (secondary N) is 2. The molecule has 0 radical (unpaired) electrons. The number of carbonyl (C=O) groups excluding carboxylic acids is 2. The largest absolute Gasteiger partial charge is 0.450 e. The van der Waals surface area contributed by atoms with Crippen molar-refractivity contribution in [3.05, 3.63) is 34.3 Å². The first kappa shape index (κ1) is 22.7. The Kier molecular flexibility index (Phi) is 8.76. The molecule has 0 aromatic heterocycles. The average Bonchev–Trinajstić information content (AvgIpc) is 2.66. The maximum Gasteiger partial charge on any atom is 0.407 e. The number of amides is 2. The van der Waals surface area contributed by atoms with Gasteiger partial charge in [0.1, 0.15) is 0 Å². The van der Waals surface area contributed by atoms with E-state index in [0.717, 1.165) is 16.5 Å². The van der Waals surface area contributed by atoms with Crippen LogP contribution >= 0.6 is 15.9 Å². The first-order valence-electron chi connectivity index (χ1n) is 9.92. The second-order valence-electron chi connectivity index (χ2n) is 7.60. The summed E-state index contributed by atoms with van der Waals surface area (Å²) >= 11 is 3.46. The molecule has 28 heavy (non-hydrogen) atoms. The predicted molar refractivity (Wildman–Crippen MR) is 112 cm³/mol. The van der Waals surface area contributed by atoms with Crippen LogP contribution in [0.25, 0.3) is 0 Å². The van der Waals surface area contributed by atoms with Crippen molar-refractivity contribution in [2.75, 3.05) is 26.4 Å². The van der Waals surface area contributed by atoms with E-state index in [-0.39, 0.29) is 11.9 Å². The Morgan fingerprint density at radius 3 is 2.43 bits per heavy atom. The first-order chi connectivity index (χ1) is 13.4. The minimum atomic E-state index is -0.606. The van der Waals surface area contributed by atoms with Crippen LogP contribution < -0.4 is 10.6 Å². The van der Waals surface area contributed by atoms with Gasteiger partial charge in [-0.05, 0) is 49.8 Å². The molecule has 0 bridgehead atoms. The molecule has 6 nitrogen and oxygen atoms in total. The normalized spacial score (nSPS) is 17.0. The number of carbonyl (C=O) groups is 2. The van der Waals surface area contributed by atoms with Crippen LogP contribution in [0, 0.1) is 5.92 Å². The van der Waals surface area contributed by atoms with Gasteiger partial charge in [0.05, 0.1) is 12.0 Å². The van der Waals surface area contributed by atoms with Gasteiger partial charge in [-0.15, -0.1) is 0 Å². The number of benzene rings is 1. The molecular weight excluding hydrogens is 424 g/mol. The number of ether oxygens (including phenoxy) is 2. The van der Waals surface area contributed by atoms with Crippen molar-refractivity contribution >= 4 is 27.9 Å². The Balaban J connectivity index is 2.10. The summed E-state index contributed by atoms with van der Waals surface area (Å²) in [5, 5.41) is 5.94. The fourth-order valence-corrected chi connectivity index (χ4v) is 3.89. The van der Waals surface area contributed by atoms with E-state index in [9.17, 15) is 9.59 Å². The Morgan fingerprint density at radius 2 is 1.86 bits per heavy atom. The number of rotatable bonds is 8. The molecule has 0 aliphatic carbocycles. The molecular formula is C21H31BrN2O4. The lowest BCUT2D eigenvalue weighted by Crippen LogP contribution is -2.52. The Labute approximate surface area is 175 Å². The molecule has 0 spiro atoms. The van der Waals surface area contributed by atoms with Gasteiger partial charge in [-0.3, -0.25) is 4.79 Å². The molecule has 0 saturated carbocycles. The molecule has 156 valence electrons. The average molecular weight is 455 g/mol. The Hall–Kier alpha value is -1.60. The van der Waals surface area contributed by atoms with Gasteiger partial charge in [-0.25, -0.2) is 4.79 Å². The Bertz CT molecular complexity index is 642. The number of halogens is 1. The van der Waals surface area contributed by atoms with Gasteiger partial charge in [0.25, 0.3) is 0 Å². The van der Waals surface area contributed by atoms with Crippen molar-refractivity contribution in [3.63, 3.8) is 0 Å². The molecule has 1 atom stereocenters. The van der Waals surface area contributed by atoms with E-state index in [2.05, 4.69) is 40.4 Å². The van der Waals surface area contributed by atoms with Gasteiger partial charge in [0, 0.05) is 30.3 Å². The molecule has 1 aromatic rings. The maximum absolute atomic E-state index is 13.3. The second-order valence-corrected chi connectivity index (χ2v) is 8.52. The van der Waals surface area contributed by atoms with Crippen LogP contribution in [0.4, 0.5) is 4.79 Å². The smallest absolute Gasteiger partial charge is 0.407 e. The summed E-state index contributed by atoms with van der Waals surface area (Å²) in [5.74, 6) is 0.366. The van der Waals surface area contributed by atoms with E-state index in [1.165, 1.54) is 0 Å². The molecule has 7 heteroatoms. The minimum Gasteiger partial charge on any atom is -0.450 e. The first-order valence-corrected chi connectivity index (χ1v) is 10.7. The van der Waals surface area contributed by atoms with Gasteiger partial charge in [0.15, 0.2) is 0 Å². The molecule has 1 unspecified atom stereocenters. The highest BCUT2D eigenvalue weighted by Crippen LogP contribution is 2.35. The van der Waals surface area contributed by atoms with E-state index in [1.54, 1.807) is 6.92 Å². The van der Waals surface area contributed by atoms with E-state index in [1.807, 2.05) is 24.3 Å². The van der Waals surface area contributed by atoms with Crippen LogP contribution in [0.1, 0.15) is 45.6 Å². The molecule has 1 heterocycles. The van der Waals surface area contributed by atoms with E-state index >= 15 is 0 Å². The molecule has 1 aliphatic rings. The zero-order valence-corrected chi connectivity index (χ0v) is 18.5. The van der Waals surface area contributed by atoms with Crippen molar-refractivity contribution in [1.82, 2.24) is 10.6 Å². The van der Waals surface area contributed by atoms with E-state index in [0.29, 0.717) is 45.1 Å². The molecule has 1 aliphatic heterocycles. The summed E-state index contributed by atoms with van der Waals surface area (Å²) in [6.07, 6.45) is 1.59. The molecule has 1 saturated heterocycles. The van der Waals surface area contributed by atoms with Crippen molar-refractivity contribution in [1.29, 1.82) is 0 Å². The highest BCUT2D eigenvalue weighted by atomic mass is 79.9. The molecule has 2 amide bonds. The van der Waals surface area contributed by atoms with E-state index in [4.69, 9.17) is 9.47 Å². The monoisotopic (exact) mass is 454 g/mol. The molecule has 1 aromatic carbocycles. The van der Waals surface area contributed by atoms with Crippen LogP contribution in [0.15, 0.2) is 28.7 Å². The second kappa shape index (κ2) is 10.8. The lowest BCUT2D eigenvalue weighted by Gasteiger charge is -2.36. The third kappa shape index (κ3) is 6.21. The number of alkyl carbamates (subject to hydrolysis) is 1. The highest BCUT2D eigenvalue weighted by Gasteiger charge is 2.41. The lowest BCUT2D eigenvalue weighted by atomic mass is 9.73. The zero-order valence-electron chi connectivity index (χ0n) is 16.9. The van der Waals surface area contributed by atoms with Crippen LogP contribution in [-0.4, -0.2) is 44.4 Å². The summed E-state index contributed by atoms with van der Waals surface area (Å²) in [7, 11) is 0. The summed E-state index contributed by atoms with van der Waals surface area (Å²) in [4.78, 5) is 25.1. The van der Waals surface area contributed by atoms with Gasteiger partial charge < -0.3 is 20.1 Å². The standard InChI is InChI=1S/C21H31BrN2O4/c1-4-28-20(26)24-18(13-15(2)3)14-23-19(25)21(9-11-27-12-10-21)16-5-7-17(22)8-6-16/h5-8,15,18H,4,9-14H2,1-3H3,(H,23,25)(H,24,26). The minimum absolute atomic E-state index is 0.0162. The van der Waals surface area contributed by atoms with Crippen molar-refractivity contribution in [2.24, 2.45) is 5.92 Å². The van der Waals surface area contributed by atoms with E-state index < -0.39 is 11.5 Å². The topological polar surface area (TPSA) is 76.7 Å². The summed E-state index contributed by atoms with van der Waals surface area (Å²) in [6, 6.07) is 7.74. The van der Waals surface area contributed by atoms with Crippen LogP contribution in [-0.2, 0) is 19.7 Å². The summed E-state index contributed by atoms with van der Waals surface area (Å²) < 4.78 is 11.5. The molecule has 1 fully saturated rings. The molecule has 2 N–H and O–H groups in total. The quantitative estimate of drug-likeness (QED) is 0.626. The van der Waals surface area contributed by atoms with Crippen molar-refractivity contribution < 1.29 is 19.1 Å².